The van der Waals surface area contributed by atoms with Gasteiger partial charge in [-0.15, -0.1) is 0 Å². The maximum Gasteiger partial charge on any atom is 0.244 e. The topological polar surface area (TPSA) is 70.2 Å². The Labute approximate surface area is 160 Å². The number of carbonyl (C=O) groups excluding carboxylic acids is 1. The van der Waals surface area contributed by atoms with E-state index in [2.05, 4.69) is 25.5 Å². The van der Waals surface area contributed by atoms with E-state index in [9.17, 15) is 4.79 Å². The molecular weight excluding hydrogens is 338 g/mol. The minimum Gasteiger partial charge on any atom is -0.368 e. The van der Waals surface area contributed by atoms with Gasteiger partial charge in [-0.1, -0.05) is 24.3 Å². The molecule has 0 atom stereocenters. The molecule has 0 spiro atoms. The molecule has 1 aliphatic rings. The first kappa shape index (κ1) is 18.9. The van der Waals surface area contributed by atoms with Gasteiger partial charge >= 0.3 is 0 Å². The molecule has 0 saturated carbocycles. The summed E-state index contributed by atoms with van der Waals surface area (Å²) in [5, 5.41) is 6.16. The molecule has 1 aliphatic heterocycles. The molecule has 1 aromatic heterocycles. The number of hydrogen-bond acceptors (Lipinski definition) is 5. The van der Waals surface area contributed by atoms with E-state index in [-0.39, 0.29) is 5.91 Å². The molecule has 0 aliphatic carbocycles. The predicted molar refractivity (Wildman–Crippen MR) is 110 cm³/mol. The van der Waals surface area contributed by atoms with Gasteiger partial charge in [0.25, 0.3) is 0 Å². The number of carbonyl (C=O) groups is 1. The van der Waals surface area contributed by atoms with Crippen LogP contribution in [-0.4, -0.2) is 42.1 Å². The maximum absolute atomic E-state index is 12.0. The average Bonchev–Trinajstić information content (AvgIpc) is 3.19. The fourth-order valence-electron chi connectivity index (χ4n) is 3.13. The normalized spacial score (nSPS) is 13.9. The summed E-state index contributed by atoms with van der Waals surface area (Å²) >= 11 is 0. The number of nitrogens with one attached hydrogen (secondary N) is 2. The Kier molecular flexibility index (Phi) is 6.41. The molecule has 1 saturated heterocycles. The lowest BCUT2D eigenvalue weighted by Gasteiger charge is -2.17. The third kappa shape index (κ3) is 5.54. The molecule has 0 unspecified atom stereocenters. The second-order valence-corrected chi connectivity index (χ2v) is 6.76. The Morgan fingerprint density at radius 1 is 1.15 bits per heavy atom. The van der Waals surface area contributed by atoms with E-state index in [4.69, 9.17) is 0 Å². The largest absolute Gasteiger partial charge is 0.368 e. The standard InChI is InChI=1S/C21H27N5O/c1-16-7-3-4-8-18(16)9-10-21(27)23-12-11-22-19-15-20(25-17(2)24-19)26-13-5-6-14-26/h3-4,7-10,15H,5-6,11-14H2,1-2H3,(H,23,27)(H,22,24,25)/b10-9+. The summed E-state index contributed by atoms with van der Waals surface area (Å²) in [5.41, 5.74) is 2.20. The van der Waals surface area contributed by atoms with E-state index in [0.717, 1.165) is 41.7 Å². The summed E-state index contributed by atoms with van der Waals surface area (Å²) < 4.78 is 0. The molecule has 6 nitrogen and oxygen atoms in total. The predicted octanol–water partition coefficient (Wildman–Crippen LogP) is 2.94. The van der Waals surface area contributed by atoms with Crippen LogP contribution in [0.1, 0.15) is 29.8 Å². The van der Waals surface area contributed by atoms with Crippen LogP contribution in [0.5, 0.6) is 0 Å². The van der Waals surface area contributed by atoms with E-state index in [0.29, 0.717) is 13.1 Å². The highest BCUT2D eigenvalue weighted by molar-refractivity contribution is 5.91. The summed E-state index contributed by atoms with van der Waals surface area (Å²) in [6.07, 6.45) is 5.85. The van der Waals surface area contributed by atoms with Crippen LogP contribution in [0.25, 0.3) is 6.08 Å². The maximum atomic E-state index is 12.0. The van der Waals surface area contributed by atoms with Gasteiger partial charge < -0.3 is 15.5 Å². The second kappa shape index (κ2) is 9.16. The van der Waals surface area contributed by atoms with Crippen LogP contribution >= 0.6 is 0 Å². The molecule has 2 N–H and O–H groups in total. The molecule has 1 amide bonds. The highest BCUT2D eigenvalue weighted by Gasteiger charge is 2.14. The average molecular weight is 365 g/mol. The molecule has 27 heavy (non-hydrogen) atoms. The zero-order valence-corrected chi connectivity index (χ0v) is 16.0. The van der Waals surface area contributed by atoms with Crippen LogP contribution < -0.4 is 15.5 Å². The van der Waals surface area contributed by atoms with E-state index in [1.54, 1.807) is 6.08 Å². The SMILES string of the molecule is Cc1nc(NCCNC(=O)/C=C/c2ccccc2C)cc(N2CCCC2)n1. The van der Waals surface area contributed by atoms with Crippen LogP contribution in [-0.2, 0) is 4.79 Å². The molecule has 6 heteroatoms. The number of aromatic nitrogens is 2. The molecule has 142 valence electrons. The van der Waals surface area contributed by atoms with Gasteiger partial charge in [0.1, 0.15) is 17.5 Å². The van der Waals surface area contributed by atoms with Crippen molar-refractivity contribution in [3.63, 3.8) is 0 Å². The van der Waals surface area contributed by atoms with Crippen molar-refractivity contribution in [3.8, 4) is 0 Å². The Hall–Kier alpha value is -2.89. The van der Waals surface area contributed by atoms with Crippen LogP contribution in [0.15, 0.2) is 36.4 Å². The van der Waals surface area contributed by atoms with E-state index in [1.807, 2.05) is 50.3 Å². The first-order valence-corrected chi connectivity index (χ1v) is 9.48. The zero-order chi connectivity index (χ0) is 19.1. The van der Waals surface area contributed by atoms with Crippen LogP contribution in [0.4, 0.5) is 11.6 Å². The van der Waals surface area contributed by atoms with E-state index >= 15 is 0 Å². The van der Waals surface area contributed by atoms with Crippen molar-refractivity contribution in [1.82, 2.24) is 15.3 Å². The Balaban J connectivity index is 1.46. The van der Waals surface area contributed by atoms with Gasteiger partial charge in [-0.25, -0.2) is 9.97 Å². The molecule has 0 radical (unpaired) electrons. The molecule has 2 heterocycles. The van der Waals surface area contributed by atoms with Crippen molar-refractivity contribution < 1.29 is 4.79 Å². The molecule has 0 bridgehead atoms. The number of anilines is 2. The van der Waals surface area contributed by atoms with E-state index < -0.39 is 0 Å². The summed E-state index contributed by atoms with van der Waals surface area (Å²) in [6.45, 7) is 7.18. The summed E-state index contributed by atoms with van der Waals surface area (Å²) in [6, 6.07) is 9.97. The van der Waals surface area contributed by atoms with Gasteiger partial charge in [-0.05, 0) is 43.9 Å². The number of nitrogens with zero attached hydrogens (tertiary/aromatic N) is 3. The Morgan fingerprint density at radius 3 is 2.70 bits per heavy atom. The van der Waals surface area contributed by atoms with Gasteiger partial charge in [0, 0.05) is 38.3 Å². The van der Waals surface area contributed by atoms with Crippen molar-refractivity contribution in [2.24, 2.45) is 0 Å². The van der Waals surface area contributed by atoms with Gasteiger partial charge in [0.2, 0.25) is 5.91 Å². The van der Waals surface area contributed by atoms with Crippen molar-refractivity contribution in [2.45, 2.75) is 26.7 Å². The number of benzene rings is 1. The Morgan fingerprint density at radius 2 is 1.93 bits per heavy atom. The molecule has 1 fully saturated rings. The smallest absolute Gasteiger partial charge is 0.244 e. The van der Waals surface area contributed by atoms with Gasteiger partial charge in [-0.3, -0.25) is 4.79 Å². The lowest BCUT2D eigenvalue weighted by atomic mass is 10.1. The quantitative estimate of drug-likeness (QED) is 0.583. The lowest BCUT2D eigenvalue weighted by molar-refractivity contribution is -0.116. The minimum atomic E-state index is -0.100. The third-order valence-electron chi connectivity index (χ3n) is 4.59. The van der Waals surface area contributed by atoms with Crippen LogP contribution in [0.3, 0.4) is 0 Å². The summed E-state index contributed by atoms with van der Waals surface area (Å²) in [4.78, 5) is 23.2. The highest BCUT2D eigenvalue weighted by atomic mass is 16.1. The van der Waals surface area contributed by atoms with Crippen molar-refractivity contribution in [3.05, 3.63) is 53.4 Å². The summed E-state index contributed by atoms with van der Waals surface area (Å²) in [7, 11) is 0. The van der Waals surface area contributed by atoms with Crippen LogP contribution in [0, 0.1) is 13.8 Å². The van der Waals surface area contributed by atoms with Gasteiger partial charge in [0.15, 0.2) is 0 Å². The molecule has 3 rings (SSSR count). The number of aryl methyl sites for hydroxylation is 2. The zero-order valence-electron chi connectivity index (χ0n) is 16.0. The molecule has 2 aromatic rings. The molecule has 1 aromatic carbocycles. The third-order valence-corrected chi connectivity index (χ3v) is 4.59. The molecular formula is C21H27N5O. The van der Waals surface area contributed by atoms with Crippen molar-refractivity contribution >= 4 is 23.6 Å². The van der Waals surface area contributed by atoms with Crippen molar-refractivity contribution in [2.75, 3.05) is 36.4 Å². The fourth-order valence-corrected chi connectivity index (χ4v) is 3.13. The van der Waals surface area contributed by atoms with Gasteiger partial charge in [0.05, 0.1) is 0 Å². The number of amides is 1. The fraction of sp³-hybridized carbons (Fsp3) is 0.381. The summed E-state index contributed by atoms with van der Waals surface area (Å²) in [5.74, 6) is 2.44. The van der Waals surface area contributed by atoms with E-state index in [1.165, 1.54) is 12.8 Å². The minimum absolute atomic E-state index is 0.100. The first-order chi connectivity index (χ1) is 13.1. The lowest BCUT2D eigenvalue weighted by Crippen LogP contribution is -2.27. The monoisotopic (exact) mass is 365 g/mol. The highest BCUT2D eigenvalue weighted by Crippen LogP contribution is 2.20. The van der Waals surface area contributed by atoms with Gasteiger partial charge in [-0.2, -0.15) is 0 Å². The number of rotatable bonds is 7. The number of hydrogen-bond donors (Lipinski definition) is 2. The Bertz CT molecular complexity index is 812. The van der Waals surface area contributed by atoms with Crippen molar-refractivity contribution in [1.29, 1.82) is 0 Å². The first-order valence-electron chi connectivity index (χ1n) is 9.48. The van der Waals surface area contributed by atoms with Crippen LogP contribution in [0.2, 0.25) is 0 Å². The second-order valence-electron chi connectivity index (χ2n) is 6.76.